The van der Waals surface area contributed by atoms with E-state index in [1.807, 2.05) is 60.7 Å². The molecule has 0 unspecified atom stereocenters. The average Bonchev–Trinajstić information content (AvgIpc) is 2.61. The number of allylic oxidation sites excluding steroid dienone is 1. The van der Waals surface area contributed by atoms with Gasteiger partial charge >= 0.3 is 0 Å². The summed E-state index contributed by atoms with van der Waals surface area (Å²) in [4.78, 5) is 26.3. The zero-order chi connectivity index (χ0) is 19.2. The number of carbonyl (C=O) groups is 2. The molecule has 0 aromatic heterocycles. The van der Waals surface area contributed by atoms with Crippen molar-refractivity contribution in [3.8, 4) is 0 Å². The third kappa shape index (κ3) is 5.59. The van der Waals surface area contributed by atoms with Crippen LogP contribution in [0, 0.1) is 5.41 Å². The standard InChI is InChI=1S/C22H25NO3/c1-22(2,3)20(25)14-19(24)21(26)23(15-17-10-6-4-7-11-17)16-18-12-8-5-9-13-18/h4-14,24H,15-16H2,1-3H3/p-1/b19-14-. The van der Waals surface area contributed by atoms with E-state index in [-0.39, 0.29) is 5.78 Å². The van der Waals surface area contributed by atoms with Crippen molar-refractivity contribution in [2.24, 2.45) is 5.41 Å². The van der Waals surface area contributed by atoms with Crippen LogP contribution in [0.15, 0.2) is 72.5 Å². The molecule has 0 heterocycles. The molecule has 0 aliphatic heterocycles. The van der Waals surface area contributed by atoms with Gasteiger partial charge in [0.15, 0.2) is 5.78 Å². The minimum atomic E-state index is -0.781. The Labute approximate surface area is 154 Å². The Bertz CT molecular complexity index is 733. The highest BCUT2D eigenvalue weighted by atomic mass is 16.3. The van der Waals surface area contributed by atoms with E-state index < -0.39 is 17.1 Å². The maximum absolute atomic E-state index is 12.7. The summed E-state index contributed by atoms with van der Waals surface area (Å²) in [6.07, 6.45) is 0.922. The Hall–Kier alpha value is -2.88. The smallest absolute Gasteiger partial charge is 0.239 e. The molecule has 0 aliphatic rings. The van der Waals surface area contributed by atoms with Crippen LogP contribution in [0.5, 0.6) is 0 Å². The molecule has 1 amide bonds. The fraction of sp³-hybridized carbons (Fsp3) is 0.273. The SMILES string of the molecule is CC(C)(C)C(=O)/C=C(\[O-])C(=O)N(Cc1ccccc1)Cc1ccccc1. The monoisotopic (exact) mass is 350 g/mol. The topological polar surface area (TPSA) is 60.4 Å². The highest BCUT2D eigenvalue weighted by molar-refractivity contribution is 6.01. The third-order valence-electron chi connectivity index (χ3n) is 3.93. The molecule has 0 N–H and O–H groups in total. The van der Waals surface area contributed by atoms with E-state index in [1.165, 1.54) is 4.90 Å². The average molecular weight is 350 g/mol. The number of benzene rings is 2. The van der Waals surface area contributed by atoms with Crippen molar-refractivity contribution in [3.05, 3.63) is 83.6 Å². The molecule has 0 saturated carbocycles. The van der Waals surface area contributed by atoms with Gasteiger partial charge in [-0.3, -0.25) is 9.59 Å². The predicted molar refractivity (Wildman–Crippen MR) is 99.7 cm³/mol. The Morgan fingerprint density at radius 1 is 0.885 bits per heavy atom. The van der Waals surface area contributed by atoms with Crippen molar-refractivity contribution in [2.75, 3.05) is 0 Å². The van der Waals surface area contributed by atoms with Crippen molar-refractivity contribution >= 4 is 11.7 Å². The molecule has 136 valence electrons. The van der Waals surface area contributed by atoms with Gasteiger partial charge in [-0.1, -0.05) is 81.4 Å². The van der Waals surface area contributed by atoms with Gasteiger partial charge in [0.1, 0.15) is 0 Å². The van der Waals surface area contributed by atoms with Crippen molar-refractivity contribution in [1.29, 1.82) is 0 Å². The molecular weight excluding hydrogens is 326 g/mol. The van der Waals surface area contributed by atoms with Crippen LogP contribution in [-0.4, -0.2) is 16.6 Å². The van der Waals surface area contributed by atoms with Gasteiger partial charge in [-0.05, 0) is 23.0 Å². The van der Waals surface area contributed by atoms with Crippen LogP contribution in [0.25, 0.3) is 0 Å². The van der Waals surface area contributed by atoms with Crippen LogP contribution in [0.1, 0.15) is 31.9 Å². The number of nitrogens with zero attached hydrogens (tertiary/aromatic N) is 1. The fourth-order valence-corrected chi connectivity index (χ4v) is 2.36. The van der Waals surface area contributed by atoms with Gasteiger partial charge in [-0.2, -0.15) is 0 Å². The number of rotatable bonds is 6. The normalized spacial score (nSPS) is 11.9. The zero-order valence-corrected chi connectivity index (χ0v) is 15.4. The number of hydrogen-bond donors (Lipinski definition) is 0. The van der Waals surface area contributed by atoms with Gasteiger partial charge in [0.05, 0.1) is 0 Å². The predicted octanol–water partition coefficient (Wildman–Crippen LogP) is 3.07. The van der Waals surface area contributed by atoms with Gasteiger partial charge in [-0.25, -0.2) is 0 Å². The largest absolute Gasteiger partial charge is 0.869 e. The van der Waals surface area contributed by atoms with Crippen molar-refractivity contribution in [1.82, 2.24) is 4.90 Å². The van der Waals surface area contributed by atoms with Crippen molar-refractivity contribution in [3.63, 3.8) is 0 Å². The summed E-state index contributed by atoms with van der Waals surface area (Å²) in [6, 6.07) is 18.9. The maximum Gasteiger partial charge on any atom is 0.239 e. The number of amides is 1. The quantitative estimate of drug-likeness (QED) is 0.594. The van der Waals surface area contributed by atoms with Crippen LogP contribution in [0.4, 0.5) is 0 Å². The van der Waals surface area contributed by atoms with E-state index in [2.05, 4.69) is 0 Å². The lowest BCUT2D eigenvalue weighted by atomic mass is 9.90. The summed E-state index contributed by atoms with van der Waals surface area (Å²) in [7, 11) is 0. The highest BCUT2D eigenvalue weighted by Crippen LogP contribution is 2.17. The Morgan fingerprint density at radius 2 is 1.31 bits per heavy atom. The lowest BCUT2D eigenvalue weighted by Crippen LogP contribution is -2.36. The second-order valence-corrected chi connectivity index (χ2v) is 7.26. The van der Waals surface area contributed by atoms with Crippen molar-refractivity contribution < 1.29 is 14.7 Å². The first-order valence-corrected chi connectivity index (χ1v) is 8.57. The molecule has 0 spiro atoms. The van der Waals surface area contributed by atoms with Crippen LogP contribution in [0.3, 0.4) is 0 Å². The van der Waals surface area contributed by atoms with Crippen LogP contribution in [0.2, 0.25) is 0 Å². The van der Waals surface area contributed by atoms with E-state index in [0.717, 1.165) is 17.2 Å². The molecule has 4 nitrogen and oxygen atoms in total. The second kappa shape index (κ2) is 8.48. The minimum absolute atomic E-state index is 0.303. The molecule has 0 saturated heterocycles. The summed E-state index contributed by atoms with van der Waals surface area (Å²) in [5.74, 6) is -1.80. The minimum Gasteiger partial charge on any atom is -0.869 e. The van der Waals surface area contributed by atoms with Crippen LogP contribution < -0.4 is 5.11 Å². The van der Waals surface area contributed by atoms with Gasteiger partial charge < -0.3 is 10.0 Å². The molecule has 2 aromatic rings. The first kappa shape index (κ1) is 19.4. The van der Waals surface area contributed by atoms with E-state index >= 15 is 0 Å². The maximum atomic E-state index is 12.7. The molecule has 2 aromatic carbocycles. The zero-order valence-electron chi connectivity index (χ0n) is 15.4. The first-order valence-electron chi connectivity index (χ1n) is 8.57. The van der Waals surface area contributed by atoms with Gasteiger partial charge in [0.25, 0.3) is 0 Å². The number of ketones is 1. The molecular formula is C22H24NO3-. The van der Waals surface area contributed by atoms with Gasteiger partial charge in [-0.15, -0.1) is 0 Å². The third-order valence-corrected chi connectivity index (χ3v) is 3.93. The van der Waals surface area contributed by atoms with E-state index in [4.69, 9.17) is 0 Å². The number of carbonyl (C=O) groups excluding carboxylic acids is 2. The number of hydrogen-bond acceptors (Lipinski definition) is 3. The summed E-state index contributed by atoms with van der Waals surface area (Å²) in [6.45, 7) is 5.76. The summed E-state index contributed by atoms with van der Waals surface area (Å²) in [5, 5.41) is 12.4. The van der Waals surface area contributed by atoms with Gasteiger partial charge in [0.2, 0.25) is 5.91 Å². The first-order chi connectivity index (χ1) is 12.3. The lowest BCUT2D eigenvalue weighted by molar-refractivity contribution is -0.301. The molecule has 0 aliphatic carbocycles. The van der Waals surface area contributed by atoms with Crippen molar-refractivity contribution in [2.45, 2.75) is 33.9 Å². The highest BCUT2D eigenvalue weighted by Gasteiger charge is 2.20. The van der Waals surface area contributed by atoms with E-state index in [0.29, 0.717) is 13.1 Å². The molecule has 4 heteroatoms. The summed E-state index contributed by atoms with van der Waals surface area (Å²) < 4.78 is 0. The summed E-state index contributed by atoms with van der Waals surface area (Å²) >= 11 is 0. The van der Waals surface area contributed by atoms with E-state index in [1.54, 1.807) is 20.8 Å². The van der Waals surface area contributed by atoms with Crippen LogP contribution >= 0.6 is 0 Å². The Balaban J connectivity index is 2.25. The Kier molecular flexibility index (Phi) is 6.34. The molecule has 26 heavy (non-hydrogen) atoms. The lowest BCUT2D eigenvalue weighted by Gasteiger charge is -2.27. The van der Waals surface area contributed by atoms with E-state index in [9.17, 15) is 14.7 Å². The fourth-order valence-electron chi connectivity index (χ4n) is 2.36. The molecule has 2 rings (SSSR count). The molecule has 0 atom stereocenters. The van der Waals surface area contributed by atoms with Crippen LogP contribution in [-0.2, 0) is 22.7 Å². The summed E-state index contributed by atoms with van der Waals surface area (Å²) in [5.41, 5.74) is 1.15. The molecule has 0 bridgehead atoms. The van der Waals surface area contributed by atoms with Gasteiger partial charge in [0, 0.05) is 18.5 Å². The molecule has 0 fully saturated rings. The second-order valence-electron chi connectivity index (χ2n) is 7.26. The Morgan fingerprint density at radius 3 is 1.69 bits per heavy atom. The molecule has 0 radical (unpaired) electrons.